The highest BCUT2D eigenvalue weighted by atomic mass is 16.5. The van der Waals surface area contributed by atoms with Crippen LogP contribution in [0.4, 0.5) is 0 Å². The number of nitrogens with zero attached hydrogens (tertiary/aromatic N) is 1. The Labute approximate surface area is 111 Å². The van der Waals surface area contributed by atoms with Gasteiger partial charge in [-0.3, -0.25) is 4.90 Å². The molecular weight excluding hydrogens is 224 g/mol. The van der Waals surface area contributed by atoms with Gasteiger partial charge in [0.25, 0.3) is 0 Å². The molecule has 3 unspecified atom stereocenters. The van der Waals surface area contributed by atoms with Crippen LogP contribution < -0.4 is 5.32 Å². The highest BCUT2D eigenvalue weighted by molar-refractivity contribution is 4.94. The fraction of sp³-hybridized carbons (Fsp3) is 1.00. The minimum atomic E-state index is 0.553. The van der Waals surface area contributed by atoms with Gasteiger partial charge in [0, 0.05) is 38.3 Å². The van der Waals surface area contributed by atoms with Crippen molar-refractivity contribution in [2.75, 3.05) is 26.2 Å². The topological polar surface area (TPSA) is 24.5 Å². The first-order chi connectivity index (χ1) is 8.86. The van der Waals surface area contributed by atoms with Crippen LogP contribution in [-0.2, 0) is 4.74 Å². The van der Waals surface area contributed by atoms with Crippen molar-refractivity contribution < 1.29 is 4.74 Å². The molecule has 2 heterocycles. The molecule has 1 aliphatic carbocycles. The number of rotatable bonds is 5. The van der Waals surface area contributed by atoms with E-state index in [0.29, 0.717) is 6.10 Å². The van der Waals surface area contributed by atoms with Gasteiger partial charge in [-0.15, -0.1) is 0 Å². The van der Waals surface area contributed by atoms with E-state index in [0.717, 1.165) is 24.6 Å². The van der Waals surface area contributed by atoms with E-state index in [1.54, 1.807) is 0 Å². The van der Waals surface area contributed by atoms with Crippen LogP contribution in [0.5, 0.6) is 0 Å². The third-order valence-corrected chi connectivity index (χ3v) is 4.99. The minimum Gasteiger partial charge on any atom is -0.378 e. The second-order valence-corrected chi connectivity index (χ2v) is 6.33. The molecule has 0 spiro atoms. The van der Waals surface area contributed by atoms with Gasteiger partial charge in [0.2, 0.25) is 0 Å². The average molecular weight is 252 g/mol. The van der Waals surface area contributed by atoms with E-state index >= 15 is 0 Å². The summed E-state index contributed by atoms with van der Waals surface area (Å²) in [6, 6.07) is 1.53. The van der Waals surface area contributed by atoms with Crippen LogP contribution in [0.3, 0.4) is 0 Å². The Morgan fingerprint density at radius 1 is 1.28 bits per heavy atom. The summed E-state index contributed by atoms with van der Waals surface area (Å²) in [4.78, 5) is 2.74. The van der Waals surface area contributed by atoms with E-state index in [4.69, 9.17) is 4.74 Å². The summed E-state index contributed by atoms with van der Waals surface area (Å²) in [6.45, 7) is 7.03. The monoisotopic (exact) mass is 252 g/mol. The molecule has 18 heavy (non-hydrogen) atoms. The Morgan fingerprint density at radius 2 is 2.17 bits per heavy atom. The quantitative estimate of drug-likeness (QED) is 0.810. The van der Waals surface area contributed by atoms with Gasteiger partial charge in [0.05, 0.1) is 6.10 Å². The van der Waals surface area contributed by atoms with E-state index in [1.165, 1.54) is 58.2 Å². The Kier molecular flexibility index (Phi) is 4.22. The molecule has 2 saturated heterocycles. The fourth-order valence-corrected chi connectivity index (χ4v) is 3.56. The first kappa shape index (κ1) is 12.9. The average Bonchev–Trinajstić information content (AvgIpc) is 3.13. The Balaban J connectivity index is 1.49. The van der Waals surface area contributed by atoms with E-state index in [2.05, 4.69) is 17.1 Å². The summed E-state index contributed by atoms with van der Waals surface area (Å²) in [7, 11) is 0. The van der Waals surface area contributed by atoms with Gasteiger partial charge < -0.3 is 10.1 Å². The van der Waals surface area contributed by atoms with Crippen LogP contribution in [0.25, 0.3) is 0 Å². The van der Waals surface area contributed by atoms with E-state index in [9.17, 15) is 0 Å². The van der Waals surface area contributed by atoms with Crippen LogP contribution in [0.1, 0.15) is 45.4 Å². The molecule has 104 valence electrons. The lowest BCUT2D eigenvalue weighted by atomic mass is 10.0. The van der Waals surface area contributed by atoms with Crippen molar-refractivity contribution in [2.45, 2.75) is 63.6 Å². The maximum Gasteiger partial charge on any atom is 0.0588 e. The van der Waals surface area contributed by atoms with E-state index in [-0.39, 0.29) is 0 Å². The molecule has 0 aromatic carbocycles. The largest absolute Gasteiger partial charge is 0.378 e. The SMILES string of the molecule is CCC1CNC(C2CC2)CN1CCC1CCCO1. The molecule has 0 aromatic heterocycles. The Morgan fingerprint density at radius 3 is 2.83 bits per heavy atom. The van der Waals surface area contributed by atoms with E-state index in [1.807, 2.05) is 0 Å². The van der Waals surface area contributed by atoms with Gasteiger partial charge in [-0.1, -0.05) is 6.92 Å². The van der Waals surface area contributed by atoms with Crippen LogP contribution in [0.15, 0.2) is 0 Å². The first-order valence-corrected chi connectivity index (χ1v) is 7.96. The lowest BCUT2D eigenvalue weighted by Crippen LogP contribution is -2.57. The molecule has 3 nitrogen and oxygen atoms in total. The first-order valence-electron chi connectivity index (χ1n) is 7.96. The third-order valence-electron chi connectivity index (χ3n) is 4.99. The van der Waals surface area contributed by atoms with Crippen molar-refractivity contribution >= 4 is 0 Å². The summed E-state index contributed by atoms with van der Waals surface area (Å²) in [6.07, 6.45) is 8.53. The molecule has 0 amide bonds. The van der Waals surface area contributed by atoms with Crippen molar-refractivity contribution in [3.8, 4) is 0 Å². The number of hydrogen-bond acceptors (Lipinski definition) is 3. The predicted octanol–water partition coefficient (Wildman–Crippen LogP) is 2.02. The molecule has 3 atom stereocenters. The molecule has 3 rings (SSSR count). The lowest BCUT2D eigenvalue weighted by molar-refractivity contribution is 0.0676. The Bertz CT molecular complexity index is 261. The molecule has 0 radical (unpaired) electrons. The molecule has 3 aliphatic rings. The van der Waals surface area contributed by atoms with Crippen LogP contribution in [0.2, 0.25) is 0 Å². The number of hydrogen-bond donors (Lipinski definition) is 1. The van der Waals surface area contributed by atoms with Crippen molar-refractivity contribution in [1.29, 1.82) is 0 Å². The maximum absolute atomic E-state index is 5.76. The van der Waals surface area contributed by atoms with Crippen molar-refractivity contribution in [2.24, 2.45) is 5.92 Å². The van der Waals surface area contributed by atoms with Crippen LogP contribution >= 0.6 is 0 Å². The second-order valence-electron chi connectivity index (χ2n) is 6.33. The predicted molar refractivity (Wildman–Crippen MR) is 73.8 cm³/mol. The van der Waals surface area contributed by atoms with Crippen LogP contribution in [-0.4, -0.2) is 49.3 Å². The zero-order valence-electron chi connectivity index (χ0n) is 11.7. The molecule has 3 fully saturated rings. The summed E-state index contributed by atoms with van der Waals surface area (Å²) in [5.41, 5.74) is 0. The fourth-order valence-electron chi connectivity index (χ4n) is 3.56. The standard InChI is InChI=1S/C15H28N2O/c1-2-13-10-16-15(12-5-6-12)11-17(13)8-7-14-4-3-9-18-14/h12-16H,2-11H2,1H3. The van der Waals surface area contributed by atoms with Crippen molar-refractivity contribution in [3.63, 3.8) is 0 Å². The Hall–Kier alpha value is -0.120. The molecular formula is C15H28N2O. The summed E-state index contributed by atoms with van der Waals surface area (Å²) >= 11 is 0. The van der Waals surface area contributed by atoms with Crippen LogP contribution in [0, 0.1) is 5.92 Å². The molecule has 3 heteroatoms. The van der Waals surface area contributed by atoms with Gasteiger partial charge >= 0.3 is 0 Å². The minimum absolute atomic E-state index is 0.553. The lowest BCUT2D eigenvalue weighted by Gasteiger charge is -2.40. The highest BCUT2D eigenvalue weighted by Gasteiger charge is 2.36. The third kappa shape index (κ3) is 3.06. The molecule has 0 bridgehead atoms. The number of nitrogens with one attached hydrogen (secondary N) is 1. The molecule has 0 aromatic rings. The molecule has 1 saturated carbocycles. The smallest absolute Gasteiger partial charge is 0.0588 e. The van der Waals surface area contributed by atoms with Gasteiger partial charge in [0.1, 0.15) is 0 Å². The summed E-state index contributed by atoms with van der Waals surface area (Å²) < 4.78 is 5.76. The van der Waals surface area contributed by atoms with Gasteiger partial charge in [0.15, 0.2) is 0 Å². The number of piperazine rings is 1. The summed E-state index contributed by atoms with van der Waals surface area (Å²) in [5, 5.41) is 3.77. The van der Waals surface area contributed by atoms with Gasteiger partial charge in [-0.25, -0.2) is 0 Å². The van der Waals surface area contributed by atoms with Gasteiger partial charge in [-0.05, 0) is 44.4 Å². The zero-order chi connectivity index (χ0) is 12.4. The van der Waals surface area contributed by atoms with Crippen molar-refractivity contribution in [3.05, 3.63) is 0 Å². The summed E-state index contributed by atoms with van der Waals surface area (Å²) in [5.74, 6) is 0.980. The normalized spacial score (nSPS) is 38.2. The number of ether oxygens (including phenoxy) is 1. The highest BCUT2D eigenvalue weighted by Crippen LogP contribution is 2.34. The maximum atomic E-state index is 5.76. The molecule has 1 N–H and O–H groups in total. The van der Waals surface area contributed by atoms with E-state index < -0.39 is 0 Å². The second kappa shape index (κ2) is 5.89. The zero-order valence-corrected chi connectivity index (χ0v) is 11.7. The molecule has 2 aliphatic heterocycles. The van der Waals surface area contributed by atoms with Gasteiger partial charge in [-0.2, -0.15) is 0 Å². The van der Waals surface area contributed by atoms with Crippen molar-refractivity contribution in [1.82, 2.24) is 10.2 Å².